The molecule has 178 valence electrons. The van der Waals surface area contributed by atoms with Gasteiger partial charge in [0.15, 0.2) is 0 Å². The molecule has 1 unspecified atom stereocenters. The molecule has 3 aliphatic rings. The Morgan fingerprint density at radius 2 is 1.77 bits per heavy atom. The first-order valence-corrected chi connectivity index (χ1v) is 11.9. The third-order valence-corrected chi connectivity index (χ3v) is 6.87. The molecule has 1 N–H and O–H groups in total. The first kappa shape index (κ1) is 21.8. The van der Waals surface area contributed by atoms with Crippen LogP contribution in [-0.4, -0.2) is 55.0 Å². The molecule has 2 fully saturated rings. The van der Waals surface area contributed by atoms with Crippen LogP contribution in [0.5, 0.6) is 11.5 Å². The fraction of sp³-hybridized carbons (Fsp3) is 0.296. The van der Waals surface area contributed by atoms with Crippen LogP contribution in [0.15, 0.2) is 54.6 Å². The summed E-state index contributed by atoms with van der Waals surface area (Å²) in [5.41, 5.74) is 2.42. The number of piperidine rings is 1. The van der Waals surface area contributed by atoms with Gasteiger partial charge < -0.3 is 9.47 Å². The van der Waals surface area contributed by atoms with Gasteiger partial charge in [-0.15, -0.1) is 0 Å². The van der Waals surface area contributed by atoms with Gasteiger partial charge in [-0.3, -0.25) is 29.5 Å². The Kier molecular flexibility index (Phi) is 5.47. The molecule has 2 saturated heterocycles. The minimum absolute atomic E-state index is 0.211. The molecular weight excluding hydrogens is 446 g/mol. The maximum atomic E-state index is 13.3. The summed E-state index contributed by atoms with van der Waals surface area (Å²) in [6.07, 6.45) is 0.517. The Morgan fingerprint density at radius 3 is 2.54 bits per heavy atom. The number of benzene rings is 3. The van der Waals surface area contributed by atoms with Gasteiger partial charge in [0.1, 0.15) is 17.5 Å². The van der Waals surface area contributed by atoms with Crippen LogP contribution in [0, 0.1) is 0 Å². The molecule has 0 saturated carbocycles. The summed E-state index contributed by atoms with van der Waals surface area (Å²) in [4.78, 5) is 41.3. The molecule has 3 aliphatic heterocycles. The fourth-order valence-corrected chi connectivity index (χ4v) is 5.11. The van der Waals surface area contributed by atoms with Crippen LogP contribution in [0.2, 0.25) is 0 Å². The molecule has 1 atom stereocenters. The first-order valence-electron chi connectivity index (χ1n) is 11.9. The van der Waals surface area contributed by atoms with Crippen LogP contribution in [0.1, 0.15) is 28.8 Å². The zero-order valence-corrected chi connectivity index (χ0v) is 19.2. The lowest BCUT2D eigenvalue weighted by Crippen LogP contribution is -2.53. The topological polar surface area (TPSA) is 88.2 Å². The van der Waals surface area contributed by atoms with Crippen molar-refractivity contribution < 1.29 is 23.9 Å². The van der Waals surface area contributed by atoms with Crippen molar-refractivity contribution in [2.24, 2.45) is 0 Å². The van der Waals surface area contributed by atoms with Crippen molar-refractivity contribution in [3.63, 3.8) is 0 Å². The van der Waals surface area contributed by atoms with E-state index in [0.29, 0.717) is 29.2 Å². The van der Waals surface area contributed by atoms with Gasteiger partial charge in [-0.2, -0.15) is 0 Å². The second-order valence-electron chi connectivity index (χ2n) is 9.09. The monoisotopic (exact) mass is 471 g/mol. The average Bonchev–Trinajstić information content (AvgIpc) is 3.15. The molecule has 8 nitrogen and oxygen atoms in total. The SMILES string of the molecule is O=C1CCC(N2C(=O)c3cccc4c(Oc5ccc(CN6CCOCC6)cc5)ccc2c34)C(=O)N1. The lowest BCUT2D eigenvalue weighted by molar-refractivity contribution is -0.134. The smallest absolute Gasteiger partial charge is 0.259 e. The van der Waals surface area contributed by atoms with Gasteiger partial charge in [0.25, 0.3) is 5.91 Å². The van der Waals surface area contributed by atoms with E-state index in [9.17, 15) is 14.4 Å². The molecule has 0 radical (unpaired) electrons. The number of nitrogens with one attached hydrogen (secondary N) is 1. The number of anilines is 1. The van der Waals surface area contributed by atoms with Gasteiger partial charge in [-0.05, 0) is 42.3 Å². The summed E-state index contributed by atoms with van der Waals surface area (Å²) >= 11 is 0. The van der Waals surface area contributed by atoms with Crippen molar-refractivity contribution in [3.8, 4) is 11.5 Å². The average molecular weight is 472 g/mol. The molecule has 0 aliphatic carbocycles. The maximum Gasteiger partial charge on any atom is 0.259 e. The highest BCUT2D eigenvalue weighted by Gasteiger charge is 2.41. The Morgan fingerprint density at radius 1 is 0.971 bits per heavy atom. The van der Waals surface area contributed by atoms with E-state index in [4.69, 9.17) is 9.47 Å². The van der Waals surface area contributed by atoms with Crippen molar-refractivity contribution in [1.29, 1.82) is 0 Å². The summed E-state index contributed by atoms with van der Waals surface area (Å²) in [6, 6.07) is 16.5. The van der Waals surface area contributed by atoms with Crippen molar-refractivity contribution in [1.82, 2.24) is 10.2 Å². The minimum Gasteiger partial charge on any atom is -0.457 e. The van der Waals surface area contributed by atoms with Crippen molar-refractivity contribution >= 4 is 34.2 Å². The number of carbonyl (C=O) groups is 3. The van der Waals surface area contributed by atoms with Crippen molar-refractivity contribution in [2.45, 2.75) is 25.4 Å². The number of carbonyl (C=O) groups excluding carboxylic acids is 3. The van der Waals surface area contributed by atoms with Crippen LogP contribution < -0.4 is 15.0 Å². The summed E-state index contributed by atoms with van der Waals surface area (Å²) in [7, 11) is 0. The number of morpholine rings is 1. The molecule has 3 aromatic rings. The van der Waals surface area contributed by atoms with E-state index in [1.54, 1.807) is 6.07 Å². The molecule has 3 heterocycles. The Labute approximate surface area is 202 Å². The predicted octanol–water partition coefficient (Wildman–Crippen LogP) is 3.23. The van der Waals surface area contributed by atoms with Gasteiger partial charge in [0, 0.05) is 42.4 Å². The largest absolute Gasteiger partial charge is 0.457 e. The number of amides is 3. The summed E-state index contributed by atoms with van der Waals surface area (Å²) in [6.45, 7) is 4.30. The Bertz CT molecular complexity index is 1330. The lowest BCUT2D eigenvalue weighted by Gasteiger charge is -2.30. The molecule has 0 aromatic heterocycles. The van der Waals surface area contributed by atoms with Gasteiger partial charge in [-0.1, -0.05) is 24.3 Å². The van der Waals surface area contributed by atoms with Gasteiger partial charge in [0.2, 0.25) is 11.8 Å². The van der Waals surface area contributed by atoms with Crippen LogP contribution in [0.4, 0.5) is 5.69 Å². The number of hydrogen-bond donors (Lipinski definition) is 1. The lowest BCUT2D eigenvalue weighted by atomic mass is 10.0. The molecular formula is C27H25N3O5. The highest BCUT2D eigenvalue weighted by atomic mass is 16.5. The minimum atomic E-state index is -0.707. The number of imide groups is 1. The number of nitrogens with zero attached hydrogens (tertiary/aromatic N) is 2. The molecule has 0 spiro atoms. The summed E-state index contributed by atoms with van der Waals surface area (Å²) in [5, 5.41) is 3.93. The third-order valence-electron chi connectivity index (χ3n) is 6.87. The summed E-state index contributed by atoms with van der Waals surface area (Å²) in [5.74, 6) is 0.380. The Hall–Kier alpha value is -3.75. The summed E-state index contributed by atoms with van der Waals surface area (Å²) < 4.78 is 11.7. The molecule has 3 amide bonds. The number of hydrogen-bond acceptors (Lipinski definition) is 6. The second-order valence-corrected chi connectivity index (χ2v) is 9.09. The van der Waals surface area contributed by atoms with E-state index in [2.05, 4.69) is 22.3 Å². The normalized spacial score (nSPS) is 20.4. The molecule has 6 rings (SSSR count). The van der Waals surface area contributed by atoms with Crippen molar-refractivity contribution in [3.05, 3.63) is 65.7 Å². The van der Waals surface area contributed by atoms with E-state index in [0.717, 1.165) is 43.6 Å². The molecule has 8 heteroatoms. The van der Waals surface area contributed by atoms with Gasteiger partial charge >= 0.3 is 0 Å². The van der Waals surface area contributed by atoms with E-state index < -0.39 is 11.9 Å². The van der Waals surface area contributed by atoms with Gasteiger partial charge in [-0.25, -0.2) is 0 Å². The highest BCUT2D eigenvalue weighted by Crippen LogP contribution is 2.44. The first-order chi connectivity index (χ1) is 17.1. The van der Waals surface area contributed by atoms with E-state index >= 15 is 0 Å². The predicted molar refractivity (Wildman–Crippen MR) is 130 cm³/mol. The van der Waals surface area contributed by atoms with E-state index in [1.165, 1.54) is 10.5 Å². The van der Waals surface area contributed by atoms with Crippen LogP contribution in [0.3, 0.4) is 0 Å². The van der Waals surface area contributed by atoms with Crippen LogP contribution in [0.25, 0.3) is 10.8 Å². The zero-order chi connectivity index (χ0) is 23.9. The van der Waals surface area contributed by atoms with E-state index in [-0.39, 0.29) is 18.2 Å². The standard InChI is InChI=1S/C27H25N3O5/c31-24-11-9-22(26(32)28-24)30-21-8-10-23(19-2-1-3-20(25(19)21)27(30)33)35-18-6-4-17(5-7-18)16-29-12-14-34-15-13-29/h1-8,10,22H,9,11-16H2,(H,28,31,32). The maximum absolute atomic E-state index is 13.3. The molecule has 35 heavy (non-hydrogen) atoms. The van der Waals surface area contributed by atoms with Gasteiger partial charge in [0.05, 0.1) is 18.9 Å². The van der Waals surface area contributed by atoms with Crippen LogP contribution >= 0.6 is 0 Å². The van der Waals surface area contributed by atoms with E-state index in [1.807, 2.05) is 36.4 Å². The molecule has 3 aromatic carbocycles. The fourth-order valence-electron chi connectivity index (χ4n) is 5.11. The quantitative estimate of drug-likeness (QED) is 0.575. The molecule has 0 bridgehead atoms. The Balaban J connectivity index is 1.27. The number of rotatable bonds is 5. The second kappa shape index (κ2) is 8.79. The van der Waals surface area contributed by atoms with Crippen molar-refractivity contribution in [2.75, 3.05) is 31.2 Å². The zero-order valence-electron chi connectivity index (χ0n) is 19.2. The third kappa shape index (κ3) is 3.94. The number of ether oxygens (including phenoxy) is 2. The highest BCUT2D eigenvalue weighted by molar-refractivity contribution is 6.27. The van der Waals surface area contributed by atoms with Crippen LogP contribution in [-0.2, 0) is 20.9 Å².